The SMILES string of the molecule is CCC1=c2ccc([nH]2)=C(CC)c2[nH]c(c(CC)c2CC)C(CC)=c2c(CC)c(CC)c(n2C(=O)NCO)=C(CC)c2ccc1[nH]2. The van der Waals surface area contributed by atoms with Crippen LogP contribution in [0.2, 0.25) is 0 Å². The van der Waals surface area contributed by atoms with E-state index < -0.39 is 6.73 Å². The third-order valence-electron chi connectivity index (χ3n) is 9.71. The lowest BCUT2D eigenvalue weighted by molar-refractivity contribution is 0.218. The minimum Gasteiger partial charge on any atom is -0.376 e. The first-order chi connectivity index (χ1) is 21.9. The Hall–Kier alpha value is -3.97. The molecule has 4 aromatic heterocycles. The summed E-state index contributed by atoms with van der Waals surface area (Å²) < 4.78 is 1.88. The number of nitrogens with zero attached hydrogens (tertiary/aromatic N) is 1. The van der Waals surface area contributed by atoms with Crippen LogP contribution in [0.5, 0.6) is 0 Å². The molecule has 0 fully saturated rings. The van der Waals surface area contributed by atoms with Crippen molar-refractivity contribution in [2.24, 2.45) is 0 Å². The van der Waals surface area contributed by atoms with E-state index in [0.717, 1.165) is 101 Å². The minimum atomic E-state index is -0.428. The van der Waals surface area contributed by atoms with Crippen LogP contribution < -0.4 is 26.7 Å². The number of H-pyrrole nitrogens is 3. The fourth-order valence-corrected chi connectivity index (χ4v) is 7.76. The first kappa shape index (κ1) is 32.4. The summed E-state index contributed by atoms with van der Waals surface area (Å²) in [6, 6.07) is 8.47. The molecule has 0 radical (unpaired) electrons. The highest BCUT2D eigenvalue weighted by atomic mass is 16.3. The van der Waals surface area contributed by atoms with Crippen LogP contribution in [0, 0.1) is 0 Å². The Morgan fingerprint density at radius 3 is 1.53 bits per heavy atom. The molecule has 7 heteroatoms. The van der Waals surface area contributed by atoms with Crippen molar-refractivity contribution < 1.29 is 9.90 Å². The zero-order chi connectivity index (χ0) is 32.4. The molecule has 0 aliphatic carbocycles. The van der Waals surface area contributed by atoms with E-state index in [0.29, 0.717) is 0 Å². The van der Waals surface area contributed by atoms with Crippen molar-refractivity contribution in [1.82, 2.24) is 24.8 Å². The lowest BCUT2D eigenvalue weighted by Crippen LogP contribution is -2.43. The van der Waals surface area contributed by atoms with Gasteiger partial charge in [-0.05, 0) is 115 Å². The number of nitrogens with one attached hydrogen (secondary N) is 4. The number of carbonyl (C=O) groups is 1. The van der Waals surface area contributed by atoms with Gasteiger partial charge < -0.3 is 25.4 Å². The fourth-order valence-electron chi connectivity index (χ4n) is 7.76. The molecule has 0 spiro atoms. The predicted octanol–water partition coefficient (Wildman–Crippen LogP) is 4.98. The summed E-state index contributed by atoms with van der Waals surface area (Å²) >= 11 is 0. The Bertz CT molecular complexity index is 1970. The van der Waals surface area contributed by atoms with E-state index in [-0.39, 0.29) is 6.03 Å². The van der Waals surface area contributed by atoms with Crippen LogP contribution in [-0.2, 0) is 25.7 Å². The molecule has 8 bridgehead atoms. The highest BCUT2D eigenvalue weighted by molar-refractivity contribution is 5.83. The smallest absolute Gasteiger partial charge is 0.328 e. The topological polar surface area (TPSA) is 102 Å². The summed E-state index contributed by atoms with van der Waals surface area (Å²) in [5, 5.41) is 16.8. The number of aromatic nitrogens is 4. The molecular formula is C38H51N5O2. The van der Waals surface area contributed by atoms with Gasteiger partial charge in [0.15, 0.2) is 0 Å². The summed E-state index contributed by atoms with van der Waals surface area (Å²) in [6.07, 6.45) is 6.61. The Kier molecular flexibility index (Phi) is 9.78. The maximum absolute atomic E-state index is 14.1. The molecule has 0 atom stereocenters. The van der Waals surface area contributed by atoms with Crippen molar-refractivity contribution in [2.45, 2.75) is 107 Å². The highest BCUT2D eigenvalue weighted by Gasteiger charge is 2.26. The number of hydrogen-bond donors (Lipinski definition) is 5. The van der Waals surface area contributed by atoms with Gasteiger partial charge in [-0.2, -0.15) is 0 Å². The van der Waals surface area contributed by atoms with Crippen molar-refractivity contribution in [3.63, 3.8) is 0 Å². The number of aliphatic hydroxyl groups excluding tert-OH is 1. The monoisotopic (exact) mass is 609 g/mol. The van der Waals surface area contributed by atoms with Crippen molar-refractivity contribution in [3.05, 3.63) is 90.7 Å². The molecule has 0 saturated carbocycles. The maximum Gasteiger partial charge on any atom is 0.328 e. The number of hydrogen-bond acceptors (Lipinski definition) is 2. The molecule has 0 aromatic carbocycles. The van der Waals surface area contributed by atoms with E-state index in [1.807, 2.05) is 4.57 Å². The van der Waals surface area contributed by atoms with Crippen LogP contribution in [0.3, 0.4) is 0 Å². The molecular weight excluding hydrogens is 558 g/mol. The molecule has 1 aliphatic heterocycles. The zero-order valence-corrected chi connectivity index (χ0v) is 28.5. The fraction of sp³-hybridized carbons (Fsp3) is 0.447. The van der Waals surface area contributed by atoms with E-state index >= 15 is 0 Å². The average Bonchev–Trinajstić information content (AvgIpc) is 3.84. The van der Waals surface area contributed by atoms with E-state index in [9.17, 15) is 9.90 Å². The first-order valence-corrected chi connectivity index (χ1v) is 17.1. The number of fused-ring (bicyclic) bond motifs is 8. The van der Waals surface area contributed by atoms with Crippen molar-refractivity contribution >= 4 is 28.3 Å². The predicted molar refractivity (Wildman–Crippen MR) is 185 cm³/mol. The van der Waals surface area contributed by atoms with Crippen molar-refractivity contribution in [1.29, 1.82) is 0 Å². The number of carbonyl (C=O) groups excluding carboxylic acids is 1. The summed E-state index contributed by atoms with van der Waals surface area (Å²) in [5.41, 5.74) is 14.2. The average molecular weight is 610 g/mol. The van der Waals surface area contributed by atoms with Crippen LogP contribution in [0.4, 0.5) is 4.79 Å². The second-order valence-corrected chi connectivity index (χ2v) is 11.8. The highest BCUT2D eigenvalue weighted by Crippen LogP contribution is 2.31. The van der Waals surface area contributed by atoms with Crippen LogP contribution in [0.25, 0.3) is 22.3 Å². The van der Waals surface area contributed by atoms with Gasteiger partial charge in [0, 0.05) is 39.0 Å². The van der Waals surface area contributed by atoms with Gasteiger partial charge in [-0.3, -0.25) is 4.57 Å². The first-order valence-electron chi connectivity index (χ1n) is 17.1. The zero-order valence-electron chi connectivity index (χ0n) is 28.5. The third kappa shape index (κ3) is 5.25. The molecule has 5 heterocycles. The molecule has 0 saturated heterocycles. The van der Waals surface area contributed by atoms with Crippen molar-refractivity contribution in [3.8, 4) is 0 Å². The van der Waals surface area contributed by atoms with Gasteiger partial charge in [-0.15, -0.1) is 0 Å². The quantitative estimate of drug-likeness (QED) is 0.173. The largest absolute Gasteiger partial charge is 0.376 e. The Morgan fingerprint density at radius 1 is 0.578 bits per heavy atom. The van der Waals surface area contributed by atoms with Gasteiger partial charge in [0.1, 0.15) is 6.73 Å². The molecule has 1 amide bonds. The lowest BCUT2D eigenvalue weighted by atomic mass is 9.95. The molecule has 5 N–H and O–H groups in total. The molecule has 4 aromatic rings. The Balaban J connectivity index is 2.17. The van der Waals surface area contributed by atoms with Crippen LogP contribution >= 0.6 is 0 Å². The van der Waals surface area contributed by atoms with Gasteiger partial charge in [-0.25, -0.2) is 4.79 Å². The van der Waals surface area contributed by atoms with Gasteiger partial charge >= 0.3 is 6.03 Å². The summed E-state index contributed by atoms with van der Waals surface area (Å²) in [7, 11) is 0. The van der Waals surface area contributed by atoms with Crippen LogP contribution in [0.1, 0.15) is 126 Å². The number of amides is 1. The van der Waals surface area contributed by atoms with Gasteiger partial charge in [0.05, 0.1) is 10.7 Å². The third-order valence-corrected chi connectivity index (χ3v) is 9.71. The summed E-state index contributed by atoms with van der Waals surface area (Å²) in [4.78, 5) is 25.7. The Labute approximate surface area is 266 Å². The van der Waals surface area contributed by atoms with E-state index in [2.05, 4.69) is 99.9 Å². The van der Waals surface area contributed by atoms with Crippen LogP contribution in [-0.4, -0.2) is 37.4 Å². The molecule has 1 aliphatic rings. The normalized spacial score (nSPS) is 13.3. The number of aromatic amines is 3. The van der Waals surface area contributed by atoms with E-state index in [1.165, 1.54) is 39.1 Å². The van der Waals surface area contributed by atoms with Gasteiger partial charge in [0.2, 0.25) is 0 Å². The van der Waals surface area contributed by atoms with E-state index in [4.69, 9.17) is 0 Å². The van der Waals surface area contributed by atoms with Gasteiger partial charge in [-0.1, -0.05) is 55.4 Å². The number of rotatable bonds is 9. The maximum atomic E-state index is 14.1. The van der Waals surface area contributed by atoms with E-state index in [1.54, 1.807) is 0 Å². The molecule has 5 rings (SSSR count). The minimum absolute atomic E-state index is 0.304. The molecule has 7 nitrogen and oxygen atoms in total. The standard InChI is InChI=1S/C38H51N5O2/c1-9-22-23(10-2)35-29(16-8)37-25(12-4)24(11-3)36(43(37)38(45)39-21-44)28(15-7)33-20-18-31(41-33)26(13-5)30-17-19-32(40-30)27(14-6)34(22)42-35/h17-20,40-42,44H,9-16,21H2,1-8H3,(H,39,45). The molecule has 240 valence electrons. The lowest BCUT2D eigenvalue weighted by Gasteiger charge is -2.13. The summed E-state index contributed by atoms with van der Waals surface area (Å²) in [6.45, 7) is 17.2. The number of aliphatic hydroxyl groups is 1. The van der Waals surface area contributed by atoms with Crippen LogP contribution in [0.15, 0.2) is 24.3 Å². The van der Waals surface area contributed by atoms with Crippen molar-refractivity contribution in [2.75, 3.05) is 6.73 Å². The summed E-state index contributed by atoms with van der Waals surface area (Å²) in [5.74, 6) is 0. The van der Waals surface area contributed by atoms with Gasteiger partial charge in [0.25, 0.3) is 0 Å². The Morgan fingerprint density at radius 2 is 1.04 bits per heavy atom. The molecule has 0 unspecified atom stereocenters. The molecule has 45 heavy (non-hydrogen) atoms. The second-order valence-electron chi connectivity index (χ2n) is 11.8. The second kappa shape index (κ2) is 13.6.